The minimum atomic E-state index is -4.09. The number of carbonyl (C=O) groups is 2. The van der Waals surface area contributed by atoms with Crippen molar-refractivity contribution >= 4 is 33.1 Å². The first-order valence-corrected chi connectivity index (χ1v) is 10.3. The summed E-state index contributed by atoms with van der Waals surface area (Å²) < 4.78 is 34.6. The summed E-state index contributed by atoms with van der Waals surface area (Å²) in [5.41, 5.74) is 2.78. The Labute approximate surface area is 161 Å². The summed E-state index contributed by atoms with van der Waals surface area (Å²) in [5.74, 6) is -1.42. The molecule has 9 nitrogen and oxygen atoms in total. The van der Waals surface area contributed by atoms with Gasteiger partial charge in [0.25, 0.3) is 0 Å². The van der Waals surface area contributed by atoms with Crippen LogP contribution in [0.1, 0.15) is 45.2 Å². The molecule has 0 radical (unpaired) electrons. The highest BCUT2D eigenvalue weighted by atomic mass is 32.2. The number of aromatic nitrogens is 2. The summed E-state index contributed by atoms with van der Waals surface area (Å²) in [7, 11) is -2.49. The number of nitrogens with zero attached hydrogens (tertiary/aromatic N) is 2. The number of ketones is 1. The number of rotatable bonds is 8. The number of hydrogen-bond donors (Lipinski definition) is 1. The predicted octanol–water partition coefficient (Wildman–Crippen LogP) is 1.46. The molecule has 2 aromatic heterocycles. The Morgan fingerprint density at radius 2 is 2.04 bits per heavy atom. The normalized spacial score (nSPS) is 12.8. The average molecular weight is 415 g/mol. The van der Waals surface area contributed by atoms with Crippen LogP contribution in [0.5, 0.6) is 0 Å². The van der Waals surface area contributed by atoms with Crippen molar-refractivity contribution in [1.82, 2.24) is 9.55 Å². The third-order valence-electron chi connectivity index (χ3n) is 3.95. The van der Waals surface area contributed by atoms with Gasteiger partial charge >= 0.3 is 5.97 Å². The van der Waals surface area contributed by atoms with Crippen molar-refractivity contribution in [3.05, 3.63) is 34.2 Å². The number of Topliss-reactive ketones (excluding diaryl/α,β-unsaturated/α-hetero) is 1. The molecule has 2 heterocycles. The van der Waals surface area contributed by atoms with Crippen LogP contribution in [0.25, 0.3) is 0 Å². The number of carbonyl (C=O) groups excluding carboxylic acids is 2. The molecule has 0 aliphatic heterocycles. The van der Waals surface area contributed by atoms with E-state index in [0.717, 1.165) is 11.4 Å². The Hall–Kier alpha value is -2.08. The Kier molecular flexibility index (Phi) is 6.52. The summed E-state index contributed by atoms with van der Waals surface area (Å²) in [5, 5.41) is 5.03. The molecule has 0 aliphatic rings. The zero-order valence-electron chi connectivity index (χ0n) is 15.4. The number of esters is 1. The summed E-state index contributed by atoms with van der Waals surface area (Å²) in [6.45, 7) is 5.58. The molecule has 148 valence electrons. The minimum Gasteiger partial charge on any atom is -0.453 e. The lowest BCUT2D eigenvalue weighted by atomic mass is 10.1. The number of ether oxygens (including phenoxy) is 2. The van der Waals surface area contributed by atoms with Gasteiger partial charge < -0.3 is 14.0 Å². The molecular weight excluding hydrogens is 394 g/mol. The lowest BCUT2D eigenvalue weighted by Gasteiger charge is -2.17. The fourth-order valence-corrected chi connectivity index (χ4v) is 4.48. The molecular formula is C16H21N3O6S2. The van der Waals surface area contributed by atoms with E-state index in [1.54, 1.807) is 20.1 Å². The van der Waals surface area contributed by atoms with Crippen LogP contribution in [0.15, 0.2) is 15.8 Å². The number of methoxy groups -OCH3 is 1. The van der Waals surface area contributed by atoms with E-state index in [9.17, 15) is 18.0 Å². The molecule has 0 aliphatic carbocycles. The van der Waals surface area contributed by atoms with Crippen molar-refractivity contribution < 1.29 is 27.5 Å². The Bertz CT molecular complexity index is 961. The zero-order chi connectivity index (χ0) is 20.4. The van der Waals surface area contributed by atoms with Gasteiger partial charge in [0.15, 0.2) is 16.5 Å². The maximum absolute atomic E-state index is 12.5. The molecule has 0 saturated heterocycles. The van der Waals surface area contributed by atoms with Crippen LogP contribution < -0.4 is 5.14 Å². The van der Waals surface area contributed by atoms with Gasteiger partial charge in [-0.2, -0.15) is 0 Å². The molecule has 2 N–H and O–H groups in total. The van der Waals surface area contributed by atoms with Crippen molar-refractivity contribution in [3.63, 3.8) is 0 Å². The van der Waals surface area contributed by atoms with Gasteiger partial charge in [-0.25, -0.2) is 23.3 Å². The number of nitrogens with two attached hydrogens (primary N) is 1. The van der Waals surface area contributed by atoms with Gasteiger partial charge in [0.05, 0.1) is 18.2 Å². The topological polar surface area (TPSA) is 131 Å². The first kappa shape index (κ1) is 21.2. The molecule has 0 unspecified atom stereocenters. The lowest BCUT2D eigenvalue weighted by Crippen LogP contribution is -2.19. The van der Waals surface area contributed by atoms with Gasteiger partial charge in [0.2, 0.25) is 15.8 Å². The highest BCUT2D eigenvalue weighted by molar-refractivity contribution is 7.91. The number of primary sulfonamides is 1. The molecule has 0 spiro atoms. The molecule has 27 heavy (non-hydrogen) atoms. The number of hydrogen-bond acceptors (Lipinski definition) is 8. The summed E-state index contributed by atoms with van der Waals surface area (Å²) in [6, 6.07) is 1.75. The van der Waals surface area contributed by atoms with Crippen molar-refractivity contribution in [1.29, 1.82) is 0 Å². The minimum absolute atomic E-state index is 0.0337. The number of aryl methyl sites for hydroxylation is 1. The van der Waals surface area contributed by atoms with Gasteiger partial charge in [-0.15, -0.1) is 11.3 Å². The predicted molar refractivity (Wildman–Crippen MR) is 98.6 cm³/mol. The molecule has 1 atom stereocenters. The third-order valence-corrected chi connectivity index (χ3v) is 6.27. The average Bonchev–Trinajstić information content (AvgIpc) is 3.17. The maximum atomic E-state index is 12.5. The van der Waals surface area contributed by atoms with Gasteiger partial charge in [-0.05, 0) is 26.8 Å². The van der Waals surface area contributed by atoms with Crippen molar-refractivity contribution in [2.45, 2.75) is 31.0 Å². The van der Waals surface area contributed by atoms with E-state index in [0.29, 0.717) is 23.5 Å². The summed E-state index contributed by atoms with van der Waals surface area (Å²) >= 11 is 0.706. The third kappa shape index (κ3) is 4.61. The number of sulfonamides is 1. The van der Waals surface area contributed by atoms with Gasteiger partial charge in [-0.1, -0.05) is 0 Å². The van der Waals surface area contributed by atoms with Crippen LogP contribution in [0.2, 0.25) is 0 Å². The first-order valence-electron chi connectivity index (χ1n) is 7.91. The molecule has 2 rings (SSSR count). The van der Waals surface area contributed by atoms with Crippen molar-refractivity contribution in [2.75, 3.05) is 20.3 Å². The van der Waals surface area contributed by atoms with E-state index in [4.69, 9.17) is 14.6 Å². The van der Waals surface area contributed by atoms with Crippen LogP contribution >= 0.6 is 11.3 Å². The monoisotopic (exact) mass is 415 g/mol. The van der Waals surface area contributed by atoms with Crippen LogP contribution in [0, 0.1) is 13.8 Å². The lowest BCUT2D eigenvalue weighted by molar-refractivity contribution is 0.0466. The molecule has 0 aromatic carbocycles. The van der Waals surface area contributed by atoms with E-state index >= 15 is 0 Å². The fourth-order valence-electron chi connectivity index (χ4n) is 2.90. The quantitative estimate of drug-likeness (QED) is 0.510. The second-order valence-electron chi connectivity index (χ2n) is 5.99. The smallest absolute Gasteiger partial charge is 0.359 e. The van der Waals surface area contributed by atoms with E-state index in [2.05, 4.69) is 4.98 Å². The molecule has 0 bridgehead atoms. The molecule has 0 saturated carbocycles. The van der Waals surface area contributed by atoms with Crippen LogP contribution in [0.4, 0.5) is 0 Å². The van der Waals surface area contributed by atoms with E-state index in [-0.39, 0.29) is 6.04 Å². The molecule has 0 fully saturated rings. The van der Waals surface area contributed by atoms with Crippen LogP contribution in [0.3, 0.4) is 0 Å². The van der Waals surface area contributed by atoms with Crippen molar-refractivity contribution in [3.8, 4) is 0 Å². The van der Waals surface area contributed by atoms with E-state index in [1.165, 1.54) is 5.51 Å². The molecule has 0 amide bonds. The standard InChI is InChI=1S/C16H21N3O6S2/c1-9-5-12(11(3)19(9)10(2)6-24-4)13(20)7-25-15(21)14-16(26-8-18-14)27(17,22)23/h5,8,10H,6-7H2,1-4H3,(H2,17,22,23)/t10-/m0/s1. The highest BCUT2D eigenvalue weighted by Crippen LogP contribution is 2.22. The second kappa shape index (κ2) is 8.30. The SMILES string of the molecule is COC[C@H](C)n1c(C)cc(C(=O)COC(=O)c2ncsc2S(N)(=O)=O)c1C. The first-order chi connectivity index (χ1) is 12.6. The van der Waals surface area contributed by atoms with E-state index in [1.807, 2.05) is 18.4 Å². The maximum Gasteiger partial charge on any atom is 0.359 e. The number of thiazole rings is 1. The largest absolute Gasteiger partial charge is 0.453 e. The van der Waals surface area contributed by atoms with E-state index < -0.39 is 38.3 Å². The van der Waals surface area contributed by atoms with Gasteiger partial charge in [0.1, 0.15) is 0 Å². The Morgan fingerprint density at radius 1 is 1.37 bits per heavy atom. The van der Waals surface area contributed by atoms with Gasteiger partial charge in [-0.3, -0.25) is 4.79 Å². The second-order valence-corrected chi connectivity index (χ2v) is 8.60. The van der Waals surface area contributed by atoms with Crippen molar-refractivity contribution in [2.24, 2.45) is 5.14 Å². The fraction of sp³-hybridized carbons (Fsp3) is 0.438. The zero-order valence-corrected chi connectivity index (χ0v) is 17.0. The van der Waals surface area contributed by atoms with Crippen LogP contribution in [-0.4, -0.2) is 50.0 Å². The van der Waals surface area contributed by atoms with Gasteiger partial charge in [0, 0.05) is 24.1 Å². The Balaban J connectivity index is 2.14. The summed E-state index contributed by atoms with van der Waals surface area (Å²) in [6.07, 6.45) is 0. The molecule has 11 heteroatoms. The summed E-state index contributed by atoms with van der Waals surface area (Å²) in [4.78, 5) is 28.2. The van der Waals surface area contributed by atoms with Crippen LogP contribution in [-0.2, 0) is 19.5 Å². The Morgan fingerprint density at radius 3 is 2.63 bits per heavy atom. The highest BCUT2D eigenvalue weighted by Gasteiger charge is 2.25. The molecule has 2 aromatic rings.